The van der Waals surface area contributed by atoms with Crippen LogP contribution in [0.2, 0.25) is 0 Å². The van der Waals surface area contributed by atoms with E-state index in [4.69, 9.17) is 0 Å². The molecule has 0 unspecified atom stereocenters. The van der Waals surface area contributed by atoms with E-state index in [1.807, 2.05) is 54.4 Å². The molecular formula is C19H23AsN2O3. The Labute approximate surface area is 153 Å². The van der Waals surface area contributed by atoms with Crippen molar-refractivity contribution in [3.8, 4) is 0 Å². The molecule has 0 aliphatic carbocycles. The predicted molar refractivity (Wildman–Crippen MR) is 99.5 cm³/mol. The van der Waals surface area contributed by atoms with Gasteiger partial charge in [-0.25, -0.2) is 0 Å². The molecule has 2 aromatic carbocycles. The molecule has 6 heteroatoms. The second kappa shape index (κ2) is 8.15. The number of benzene rings is 2. The van der Waals surface area contributed by atoms with Crippen molar-refractivity contribution in [3.05, 3.63) is 60.2 Å². The molecule has 25 heavy (non-hydrogen) atoms. The second-order valence-corrected chi connectivity index (χ2v) is 8.76. The molecule has 0 saturated carbocycles. The third-order valence-corrected chi connectivity index (χ3v) is 6.18. The predicted octanol–water partition coefficient (Wildman–Crippen LogP) is 0.851. The van der Waals surface area contributed by atoms with Gasteiger partial charge in [0.1, 0.15) is 0 Å². The van der Waals surface area contributed by atoms with E-state index in [9.17, 15) is 13.0 Å². The summed E-state index contributed by atoms with van der Waals surface area (Å²) >= 11 is -2.88. The number of amides is 1. The Morgan fingerprint density at radius 2 is 1.84 bits per heavy atom. The van der Waals surface area contributed by atoms with Crippen LogP contribution in [0, 0.1) is 5.92 Å². The fraction of sp³-hybridized carbons (Fsp3) is 0.316. The first-order valence-electron chi connectivity index (χ1n) is 8.36. The summed E-state index contributed by atoms with van der Waals surface area (Å²) in [5.74, 6) is 0.134. The van der Waals surface area contributed by atoms with Crippen molar-refractivity contribution in [1.82, 2.24) is 4.90 Å². The number of carbonyl (C=O) groups is 1. The van der Waals surface area contributed by atoms with E-state index >= 15 is 0 Å². The first kappa shape index (κ1) is 18.1. The quantitative estimate of drug-likeness (QED) is 0.729. The second-order valence-electron chi connectivity index (χ2n) is 6.46. The van der Waals surface area contributed by atoms with Crippen LogP contribution in [0.25, 0.3) is 0 Å². The van der Waals surface area contributed by atoms with Crippen LogP contribution in [0.1, 0.15) is 12.0 Å². The summed E-state index contributed by atoms with van der Waals surface area (Å²) in [6, 6.07) is 17.0. The zero-order chi connectivity index (χ0) is 17.8. The van der Waals surface area contributed by atoms with Gasteiger partial charge in [-0.3, -0.25) is 0 Å². The molecule has 0 bridgehead atoms. The first-order valence-corrected chi connectivity index (χ1v) is 11.0. The summed E-state index contributed by atoms with van der Waals surface area (Å²) in [4.78, 5) is 17.1. The fourth-order valence-corrected chi connectivity index (χ4v) is 4.06. The van der Waals surface area contributed by atoms with Crippen LogP contribution in [0.3, 0.4) is 0 Å². The van der Waals surface area contributed by atoms with Gasteiger partial charge in [-0.2, -0.15) is 0 Å². The maximum atomic E-state index is 13.1. The zero-order valence-corrected chi connectivity index (χ0v) is 16.1. The van der Waals surface area contributed by atoms with Crippen molar-refractivity contribution in [2.45, 2.75) is 13.0 Å². The Kier molecular flexibility index (Phi) is 5.92. The van der Waals surface area contributed by atoms with Crippen LogP contribution in [0.15, 0.2) is 54.6 Å². The van der Waals surface area contributed by atoms with E-state index in [0.717, 1.165) is 30.8 Å². The standard InChI is InChI=1S/C19H23AsN2O3/c1-21-12-11-16(14-21)19(23)22(13-15-5-3-2-4-6-15)18-9-7-17(8-10-18)20(24)25/h2-10,16,24-25H,11-14H2,1H3/t16-/m1/s1. The molecule has 0 aromatic heterocycles. The molecule has 1 aliphatic heterocycles. The van der Waals surface area contributed by atoms with Gasteiger partial charge < -0.3 is 0 Å². The van der Waals surface area contributed by atoms with Gasteiger partial charge in [0.15, 0.2) is 0 Å². The maximum absolute atomic E-state index is 13.1. The Balaban J connectivity index is 1.86. The normalized spacial score (nSPS) is 17.8. The van der Waals surface area contributed by atoms with Crippen molar-refractivity contribution in [2.75, 3.05) is 25.0 Å². The Bertz CT molecular complexity index is 706. The molecule has 1 fully saturated rings. The van der Waals surface area contributed by atoms with E-state index < -0.39 is 15.3 Å². The number of hydrogen-bond acceptors (Lipinski definition) is 4. The summed E-state index contributed by atoms with van der Waals surface area (Å²) in [7, 11) is 2.04. The van der Waals surface area contributed by atoms with Crippen molar-refractivity contribution < 1.29 is 13.0 Å². The third-order valence-electron chi connectivity index (χ3n) is 4.58. The van der Waals surface area contributed by atoms with Gasteiger partial charge in [0, 0.05) is 0 Å². The molecule has 2 aromatic rings. The third kappa shape index (κ3) is 4.50. The summed E-state index contributed by atoms with van der Waals surface area (Å²) < 4.78 is 19.4. The van der Waals surface area contributed by atoms with Crippen LogP contribution < -0.4 is 9.25 Å². The van der Waals surface area contributed by atoms with Gasteiger partial charge >= 0.3 is 153 Å². The van der Waals surface area contributed by atoms with Crippen LogP contribution in [0.4, 0.5) is 5.69 Å². The molecule has 3 rings (SSSR count). The molecule has 1 heterocycles. The molecule has 0 radical (unpaired) electrons. The van der Waals surface area contributed by atoms with Crippen molar-refractivity contribution >= 4 is 31.3 Å². The van der Waals surface area contributed by atoms with Crippen LogP contribution in [-0.2, 0) is 11.3 Å². The first-order chi connectivity index (χ1) is 12.0. The summed E-state index contributed by atoms with van der Waals surface area (Å²) in [5.41, 5.74) is 1.87. The van der Waals surface area contributed by atoms with Gasteiger partial charge in [0.25, 0.3) is 0 Å². The average molecular weight is 402 g/mol. The fourth-order valence-electron chi connectivity index (χ4n) is 3.19. The van der Waals surface area contributed by atoms with Gasteiger partial charge in [0.2, 0.25) is 0 Å². The molecule has 2 N–H and O–H groups in total. The number of carbonyl (C=O) groups excluding carboxylic acids is 1. The summed E-state index contributed by atoms with van der Waals surface area (Å²) in [6.07, 6.45) is 0.876. The van der Waals surface area contributed by atoms with Crippen LogP contribution >= 0.6 is 0 Å². The number of likely N-dealkylation sites (tertiary alicyclic amines) is 1. The van der Waals surface area contributed by atoms with E-state index in [2.05, 4.69) is 4.90 Å². The molecule has 5 nitrogen and oxygen atoms in total. The molecule has 1 amide bonds. The monoisotopic (exact) mass is 402 g/mol. The molecule has 1 atom stereocenters. The Hall–Kier alpha value is -1.65. The topological polar surface area (TPSA) is 64.0 Å². The number of rotatable bonds is 5. The Morgan fingerprint density at radius 3 is 2.40 bits per heavy atom. The van der Waals surface area contributed by atoms with Gasteiger partial charge in [-0.15, -0.1) is 0 Å². The molecule has 0 spiro atoms. The molecule has 132 valence electrons. The summed E-state index contributed by atoms with van der Waals surface area (Å²) in [6.45, 7) is 2.24. The Morgan fingerprint density at radius 1 is 1.16 bits per heavy atom. The molecule has 1 saturated heterocycles. The van der Waals surface area contributed by atoms with E-state index in [-0.39, 0.29) is 11.8 Å². The van der Waals surface area contributed by atoms with Crippen molar-refractivity contribution in [2.24, 2.45) is 5.92 Å². The minimum atomic E-state index is -2.88. The number of hydrogen-bond donors (Lipinski definition) is 2. The van der Waals surface area contributed by atoms with Crippen molar-refractivity contribution in [3.63, 3.8) is 0 Å². The van der Waals surface area contributed by atoms with E-state index in [1.165, 1.54) is 0 Å². The SMILES string of the molecule is CN1CC[C@@H](C(=O)N(Cc2ccccc2)c2ccc([As](O)O)cc2)C1. The average Bonchev–Trinajstić information content (AvgIpc) is 3.06. The van der Waals surface area contributed by atoms with E-state index in [0.29, 0.717) is 10.9 Å². The molecule has 1 aliphatic rings. The zero-order valence-electron chi connectivity index (χ0n) is 14.2. The van der Waals surface area contributed by atoms with Crippen LogP contribution in [-0.4, -0.2) is 54.5 Å². The van der Waals surface area contributed by atoms with Gasteiger partial charge in [0.05, 0.1) is 0 Å². The van der Waals surface area contributed by atoms with Crippen molar-refractivity contribution in [1.29, 1.82) is 0 Å². The number of nitrogens with zero attached hydrogens (tertiary/aromatic N) is 2. The number of anilines is 1. The summed E-state index contributed by atoms with van der Waals surface area (Å²) in [5, 5.41) is 0. The van der Waals surface area contributed by atoms with Gasteiger partial charge in [-0.1, -0.05) is 0 Å². The minimum absolute atomic E-state index is 0.00617. The van der Waals surface area contributed by atoms with Gasteiger partial charge in [-0.05, 0) is 0 Å². The molecular weight excluding hydrogens is 379 g/mol. The van der Waals surface area contributed by atoms with E-state index in [1.54, 1.807) is 12.1 Å². The van der Waals surface area contributed by atoms with Crippen LogP contribution in [0.5, 0.6) is 0 Å².